The molecule has 0 N–H and O–H groups in total. The monoisotopic (exact) mass is 288 g/mol. The number of rotatable bonds is 4. The van der Waals surface area contributed by atoms with Crippen LogP contribution >= 0.6 is 0 Å². The molecule has 22 heavy (non-hydrogen) atoms. The molecular weight excluding hydrogens is 266 g/mol. The van der Waals surface area contributed by atoms with Crippen molar-refractivity contribution in [1.29, 1.82) is 0 Å². The Hall–Kier alpha value is -2.38. The number of quaternary nitrogens is 1. The summed E-state index contributed by atoms with van der Waals surface area (Å²) >= 11 is 0. The van der Waals surface area contributed by atoms with Gasteiger partial charge in [-0.2, -0.15) is 0 Å². The second kappa shape index (κ2) is 6.17. The Morgan fingerprint density at radius 3 is 1.32 bits per heavy atom. The normalized spacial score (nSPS) is 11.6. The van der Waals surface area contributed by atoms with Gasteiger partial charge in [-0.1, -0.05) is 78.9 Å². The quantitative estimate of drug-likeness (QED) is 0.590. The van der Waals surface area contributed by atoms with Crippen LogP contribution in [0.4, 0.5) is 5.69 Å². The molecule has 0 heterocycles. The van der Waals surface area contributed by atoms with E-state index in [0.29, 0.717) is 0 Å². The van der Waals surface area contributed by atoms with Crippen LogP contribution < -0.4 is 4.48 Å². The van der Waals surface area contributed by atoms with E-state index in [4.69, 9.17) is 0 Å². The van der Waals surface area contributed by atoms with E-state index >= 15 is 0 Å². The zero-order chi connectivity index (χ0) is 15.4. The third-order valence-corrected chi connectivity index (χ3v) is 4.30. The largest absolute Gasteiger partial charge is 0.286 e. The third-order valence-electron chi connectivity index (χ3n) is 4.30. The molecule has 0 aliphatic carbocycles. The number of hydrogen-bond donors (Lipinski definition) is 0. The second-order valence-electron chi connectivity index (χ2n) is 6.10. The summed E-state index contributed by atoms with van der Waals surface area (Å²) in [5.74, 6) is 0. The van der Waals surface area contributed by atoms with Gasteiger partial charge in [0, 0.05) is 11.1 Å². The maximum Gasteiger partial charge on any atom is 0.145 e. The summed E-state index contributed by atoms with van der Waals surface area (Å²) in [4.78, 5) is 0. The van der Waals surface area contributed by atoms with Crippen LogP contribution in [-0.4, -0.2) is 14.1 Å². The first-order valence-electron chi connectivity index (χ1n) is 7.69. The fourth-order valence-corrected chi connectivity index (χ4v) is 3.17. The van der Waals surface area contributed by atoms with E-state index in [9.17, 15) is 0 Å². The van der Waals surface area contributed by atoms with Crippen LogP contribution in [0.5, 0.6) is 0 Å². The summed E-state index contributed by atoms with van der Waals surface area (Å²) in [5, 5.41) is 0. The SMILES string of the molecule is C[N+](C)(c1ccccc1)C(c1ccccc1)c1ccccc1. The molecule has 0 atom stereocenters. The van der Waals surface area contributed by atoms with Gasteiger partial charge in [-0.15, -0.1) is 0 Å². The van der Waals surface area contributed by atoms with Gasteiger partial charge in [-0.3, -0.25) is 4.48 Å². The lowest BCUT2D eigenvalue weighted by molar-refractivity contribution is 0.336. The lowest BCUT2D eigenvalue weighted by atomic mass is 9.95. The highest BCUT2D eigenvalue weighted by atomic mass is 15.3. The van der Waals surface area contributed by atoms with E-state index in [1.807, 2.05) is 0 Å². The molecule has 0 spiro atoms. The molecule has 0 saturated carbocycles. The van der Waals surface area contributed by atoms with Crippen LogP contribution in [-0.2, 0) is 0 Å². The van der Waals surface area contributed by atoms with E-state index in [-0.39, 0.29) is 6.04 Å². The Morgan fingerprint density at radius 2 is 0.909 bits per heavy atom. The predicted molar refractivity (Wildman–Crippen MR) is 94.8 cm³/mol. The first-order chi connectivity index (χ1) is 10.7. The van der Waals surface area contributed by atoms with Crippen molar-refractivity contribution in [1.82, 2.24) is 4.48 Å². The molecule has 3 aromatic carbocycles. The molecule has 0 saturated heterocycles. The molecule has 0 fully saturated rings. The summed E-state index contributed by atoms with van der Waals surface area (Å²) in [6, 6.07) is 32.5. The van der Waals surface area contributed by atoms with Crippen LogP contribution in [0, 0.1) is 0 Å². The van der Waals surface area contributed by atoms with Gasteiger partial charge in [-0.25, -0.2) is 0 Å². The maximum atomic E-state index is 2.28. The minimum atomic E-state index is 0.268. The van der Waals surface area contributed by atoms with Crippen molar-refractivity contribution >= 4 is 5.69 Å². The molecule has 3 rings (SSSR count). The van der Waals surface area contributed by atoms with E-state index < -0.39 is 0 Å². The molecule has 0 unspecified atom stereocenters. The molecule has 1 nitrogen and oxygen atoms in total. The third kappa shape index (κ3) is 2.81. The van der Waals surface area contributed by atoms with Gasteiger partial charge in [-0.05, 0) is 12.1 Å². The number of para-hydroxylation sites is 1. The van der Waals surface area contributed by atoms with Gasteiger partial charge in [0.1, 0.15) is 11.7 Å². The van der Waals surface area contributed by atoms with Crippen LogP contribution in [0.3, 0.4) is 0 Å². The topological polar surface area (TPSA) is 0 Å². The van der Waals surface area contributed by atoms with Gasteiger partial charge in [0.2, 0.25) is 0 Å². The van der Waals surface area contributed by atoms with Crippen LogP contribution in [0.1, 0.15) is 17.2 Å². The number of hydrogen-bond acceptors (Lipinski definition) is 0. The summed E-state index contributed by atoms with van der Waals surface area (Å²) in [6.45, 7) is 0. The van der Waals surface area contributed by atoms with Gasteiger partial charge >= 0.3 is 0 Å². The highest BCUT2D eigenvalue weighted by molar-refractivity contribution is 5.47. The molecular formula is C21H22N+. The van der Waals surface area contributed by atoms with Crippen molar-refractivity contribution in [3.05, 3.63) is 102 Å². The zero-order valence-corrected chi connectivity index (χ0v) is 13.2. The summed E-state index contributed by atoms with van der Waals surface area (Å²) in [7, 11) is 4.56. The van der Waals surface area contributed by atoms with Crippen molar-refractivity contribution in [3.63, 3.8) is 0 Å². The molecule has 110 valence electrons. The van der Waals surface area contributed by atoms with Crippen molar-refractivity contribution in [2.75, 3.05) is 14.1 Å². The van der Waals surface area contributed by atoms with E-state index in [2.05, 4.69) is 105 Å². The fraction of sp³-hybridized carbons (Fsp3) is 0.143. The second-order valence-corrected chi connectivity index (χ2v) is 6.10. The predicted octanol–water partition coefficient (Wildman–Crippen LogP) is 5.04. The van der Waals surface area contributed by atoms with Crippen LogP contribution in [0.2, 0.25) is 0 Å². The maximum absolute atomic E-state index is 2.28. The fourth-order valence-electron chi connectivity index (χ4n) is 3.17. The van der Waals surface area contributed by atoms with Gasteiger partial charge in [0.25, 0.3) is 0 Å². The van der Waals surface area contributed by atoms with Crippen molar-refractivity contribution < 1.29 is 0 Å². The van der Waals surface area contributed by atoms with Crippen molar-refractivity contribution in [2.45, 2.75) is 6.04 Å². The van der Waals surface area contributed by atoms with E-state index in [1.165, 1.54) is 16.8 Å². The molecule has 0 aromatic heterocycles. The molecule has 0 aliphatic heterocycles. The minimum absolute atomic E-state index is 0.268. The zero-order valence-electron chi connectivity index (χ0n) is 13.2. The van der Waals surface area contributed by atoms with Gasteiger partial charge in [0.15, 0.2) is 0 Å². The average molecular weight is 288 g/mol. The summed E-state index contributed by atoms with van der Waals surface area (Å²) in [6.07, 6.45) is 0. The Morgan fingerprint density at radius 1 is 0.545 bits per heavy atom. The lowest BCUT2D eigenvalue weighted by Gasteiger charge is -2.38. The van der Waals surface area contributed by atoms with E-state index in [1.54, 1.807) is 0 Å². The lowest BCUT2D eigenvalue weighted by Crippen LogP contribution is -2.44. The summed E-state index contributed by atoms with van der Waals surface area (Å²) in [5.41, 5.74) is 3.98. The molecule has 0 radical (unpaired) electrons. The molecule has 0 bridgehead atoms. The molecule has 1 heteroatoms. The highest BCUT2D eigenvalue weighted by Gasteiger charge is 2.33. The molecule has 0 aliphatic rings. The smallest absolute Gasteiger partial charge is 0.145 e. The first kappa shape index (κ1) is 14.6. The molecule has 0 amide bonds. The standard InChI is InChI=1S/C21H22N/c1-22(2,20-16-10-5-11-17-20)21(18-12-6-3-7-13-18)19-14-8-4-9-15-19/h3-17,21H,1-2H3/q+1. The van der Waals surface area contributed by atoms with Gasteiger partial charge in [0.05, 0.1) is 14.1 Å². The Bertz CT molecular complexity index is 663. The number of nitrogens with zero attached hydrogens (tertiary/aromatic N) is 1. The van der Waals surface area contributed by atoms with E-state index in [0.717, 1.165) is 4.48 Å². The number of benzene rings is 3. The van der Waals surface area contributed by atoms with Gasteiger partial charge < -0.3 is 0 Å². The van der Waals surface area contributed by atoms with Crippen molar-refractivity contribution in [3.8, 4) is 0 Å². The average Bonchev–Trinajstić information content (AvgIpc) is 2.58. The van der Waals surface area contributed by atoms with Crippen LogP contribution in [0.15, 0.2) is 91.0 Å². The Kier molecular flexibility index (Phi) is 4.08. The summed E-state index contributed by atoms with van der Waals surface area (Å²) < 4.78 is 0.787. The Labute approximate surface area is 133 Å². The highest BCUT2D eigenvalue weighted by Crippen LogP contribution is 2.36. The minimum Gasteiger partial charge on any atom is -0.286 e. The molecule has 3 aromatic rings. The Balaban J connectivity index is 2.14. The van der Waals surface area contributed by atoms with Crippen molar-refractivity contribution in [2.24, 2.45) is 0 Å². The van der Waals surface area contributed by atoms with Crippen LogP contribution in [0.25, 0.3) is 0 Å². The first-order valence-corrected chi connectivity index (χ1v) is 7.69.